The highest BCUT2D eigenvalue weighted by Crippen LogP contribution is 2.24. The zero-order valence-electron chi connectivity index (χ0n) is 15.1. The summed E-state index contributed by atoms with van der Waals surface area (Å²) in [4.78, 5) is 11.8. The second kappa shape index (κ2) is 8.09. The molecule has 1 amide bonds. The molecule has 0 saturated carbocycles. The van der Waals surface area contributed by atoms with E-state index in [1.807, 2.05) is 20.8 Å². The van der Waals surface area contributed by atoms with Crippen molar-refractivity contribution in [3.8, 4) is 11.5 Å². The van der Waals surface area contributed by atoms with Crippen molar-refractivity contribution in [3.05, 3.63) is 24.3 Å². The van der Waals surface area contributed by atoms with Crippen molar-refractivity contribution in [1.29, 1.82) is 0 Å². The van der Waals surface area contributed by atoms with Gasteiger partial charge in [-0.15, -0.1) is 10.2 Å². The summed E-state index contributed by atoms with van der Waals surface area (Å²) in [5, 5.41) is 11.0. The van der Waals surface area contributed by atoms with Gasteiger partial charge in [-0.3, -0.25) is 9.52 Å². The average molecular weight is 399 g/mol. The maximum Gasteiger partial charge on any atom is 0.277 e. The summed E-state index contributed by atoms with van der Waals surface area (Å²) in [5.41, 5.74) is 0.824. The summed E-state index contributed by atoms with van der Waals surface area (Å²) in [7, 11) is -3.32. The van der Waals surface area contributed by atoms with E-state index in [1.165, 1.54) is 0 Å². The highest BCUT2D eigenvalue weighted by molar-refractivity contribution is 7.99. The normalized spacial score (nSPS) is 12.0. The van der Waals surface area contributed by atoms with Gasteiger partial charge in [-0.2, -0.15) is 0 Å². The van der Waals surface area contributed by atoms with Crippen LogP contribution in [0.3, 0.4) is 0 Å². The lowest BCUT2D eigenvalue weighted by atomic mass is 10.1. The summed E-state index contributed by atoms with van der Waals surface area (Å²) < 4.78 is 31.1. The molecule has 0 aliphatic rings. The predicted octanol–water partition coefficient (Wildman–Crippen LogP) is 2.51. The molecule has 0 spiro atoms. The van der Waals surface area contributed by atoms with Crippen LogP contribution in [-0.4, -0.2) is 41.6 Å². The second-order valence-corrected chi connectivity index (χ2v) is 9.48. The van der Waals surface area contributed by atoms with Crippen LogP contribution in [-0.2, 0) is 14.8 Å². The van der Waals surface area contributed by atoms with E-state index in [-0.39, 0.29) is 23.0 Å². The van der Waals surface area contributed by atoms with Crippen molar-refractivity contribution in [2.45, 2.75) is 38.5 Å². The van der Waals surface area contributed by atoms with Gasteiger partial charge in [0.1, 0.15) is 0 Å². The molecule has 26 heavy (non-hydrogen) atoms. The number of nitrogens with one attached hydrogen (secondary N) is 2. The van der Waals surface area contributed by atoms with Gasteiger partial charge in [-0.25, -0.2) is 8.42 Å². The fraction of sp³-hybridized carbons (Fsp3) is 0.438. The van der Waals surface area contributed by atoms with Gasteiger partial charge in [0, 0.05) is 16.8 Å². The average Bonchev–Trinajstić information content (AvgIpc) is 3.01. The fourth-order valence-corrected chi connectivity index (χ4v) is 3.10. The summed E-state index contributed by atoms with van der Waals surface area (Å²) >= 11 is 1.15. The molecule has 2 rings (SSSR count). The second-order valence-electron chi connectivity index (χ2n) is 6.54. The largest absolute Gasteiger partial charge is 0.411 e. The van der Waals surface area contributed by atoms with E-state index in [1.54, 1.807) is 31.2 Å². The Kier molecular flexibility index (Phi) is 6.30. The van der Waals surface area contributed by atoms with E-state index in [0.717, 1.165) is 11.8 Å². The number of benzene rings is 1. The number of nitrogens with zero attached hydrogens (tertiary/aromatic N) is 2. The fourth-order valence-electron chi connectivity index (χ4n) is 1.90. The van der Waals surface area contributed by atoms with E-state index in [2.05, 4.69) is 20.2 Å². The molecule has 0 aliphatic carbocycles. The smallest absolute Gasteiger partial charge is 0.277 e. The minimum Gasteiger partial charge on any atom is -0.411 e. The first kappa shape index (κ1) is 20.2. The standard InChI is InChI=1S/C16H22N4O4S2/c1-5-26(22,23)20-12-8-6-11(7-9-12)14-18-19-15(24-14)25-10-13(21)17-16(2,3)4/h6-9,20H,5,10H2,1-4H3,(H,17,21). The molecule has 2 N–H and O–H groups in total. The van der Waals surface area contributed by atoms with Gasteiger partial charge in [0.15, 0.2) is 0 Å². The molecule has 2 aromatic rings. The van der Waals surface area contributed by atoms with Crippen LogP contribution in [0.2, 0.25) is 0 Å². The first-order chi connectivity index (χ1) is 12.1. The van der Waals surface area contributed by atoms with Crippen LogP contribution in [0.1, 0.15) is 27.7 Å². The van der Waals surface area contributed by atoms with E-state index < -0.39 is 10.0 Å². The van der Waals surface area contributed by atoms with Crippen LogP contribution in [0.15, 0.2) is 33.9 Å². The van der Waals surface area contributed by atoms with Crippen LogP contribution in [0.25, 0.3) is 11.5 Å². The van der Waals surface area contributed by atoms with E-state index in [4.69, 9.17) is 4.42 Å². The third-order valence-corrected chi connectivity index (χ3v) is 5.16. The number of rotatable bonds is 7. The Morgan fingerprint density at radius 3 is 2.42 bits per heavy atom. The third kappa shape index (κ3) is 6.34. The topological polar surface area (TPSA) is 114 Å². The van der Waals surface area contributed by atoms with Gasteiger partial charge in [-0.1, -0.05) is 11.8 Å². The van der Waals surface area contributed by atoms with Gasteiger partial charge in [0.25, 0.3) is 5.22 Å². The maximum absolute atomic E-state index is 11.8. The number of carbonyl (C=O) groups is 1. The SMILES string of the molecule is CCS(=O)(=O)Nc1ccc(-c2nnc(SCC(=O)NC(C)(C)C)o2)cc1. The van der Waals surface area contributed by atoms with Gasteiger partial charge in [0.2, 0.25) is 21.8 Å². The summed E-state index contributed by atoms with van der Waals surface area (Å²) in [6.45, 7) is 7.29. The molecule has 0 saturated heterocycles. The van der Waals surface area contributed by atoms with Crippen molar-refractivity contribution < 1.29 is 17.6 Å². The number of anilines is 1. The van der Waals surface area contributed by atoms with Crippen molar-refractivity contribution in [2.24, 2.45) is 0 Å². The van der Waals surface area contributed by atoms with Crippen molar-refractivity contribution in [1.82, 2.24) is 15.5 Å². The first-order valence-corrected chi connectivity index (χ1v) is 10.6. The zero-order valence-corrected chi connectivity index (χ0v) is 16.7. The van der Waals surface area contributed by atoms with E-state index >= 15 is 0 Å². The Morgan fingerprint density at radius 2 is 1.85 bits per heavy atom. The highest BCUT2D eigenvalue weighted by atomic mass is 32.2. The molecule has 1 heterocycles. The molecule has 0 aliphatic heterocycles. The first-order valence-electron chi connectivity index (χ1n) is 7.96. The van der Waals surface area contributed by atoms with Crippen LogP contribution >= 0.6 is 11.8 Å². The number of thioether (sulfide) groups is 1. The molecule has 1 aromatic heterocycles. The van der Waals surface area contributed by atoms with Crippen LogP contribution in [0, 0.1) is 0 Å². The molecule has 1 aromatic carbocycles. The highest BCUT2D eigenvalue weighted by Gasteiger charge is 2.16. The van der Waals surface area contributed by atoms with Crippen LogP contribution < -0.4 is 10.0 Å². The number of sulfonamides is 1. The lowest BCUT2D eigenvalue weighted by molar-refractivity contribution is -0.119. The molecule has 0 fully saturated rings. The lowest BCUT2D eigenvalue weighted by Crippen LogP contribution is -2.41. The predicted molar refractivity (Wildman–Crippen MR) is 101 cm³/mol. The monoisotopic (exact) mass is 398 g/mol. The zero-order chi connectivity index (χ0) is 19.4. The molecule has 8 nitrogen and oxygen atoms in total. The number of carbonyl (C=O) groups excluding carboxylic acids is 1. The number of hydrogen-bond acceptors (Lipinski definition) is 7. The molecule has 0 bridgehead atoms. The number of amides is 1. The Morgan fingerprint density at radius 1 is 1.19 bits per heavy atom. The molecule has 142 valence electrons. The molecular weight excluding hydrogens is 376 g/mol. The minimum absolute atomic E-state index is 0.00177. The molecule has 0 atom stereocenters. The summed E-state index contributed by atoms with van der Waals surface area (Å²) in [6, 6.07) is 6.61. The Bertz CT molecular complexity index is 855. The third-order valence-electron chi connectivity index (χ3n) is 3.03. The van der Waals surface area contributed by atoms with Gasteiger partial charge in [0.05, 0.1) is 11.5 Å². The maximum atomic E-state index is 11.8. The summed E-state index contributed by atoms with van der Waals surface area (Å²) in [6.07, 6.45) is 0. The van der Waals surface area contributed by atoms with Gasteiger partial charge in [-0.05, 0) is 52.0 Å². The Balaban J connectivity index is 1.98. The molecular formula is C16H22N4O4S2. The van der Waals surface area contributed by atoms with Gasteiger partial charge >= 0.3 is 0 Å². The molecule has 10 heteroatoms. The number of hydrogen-bond donors (Lipinski definition) is 2. The van der Waals surface area contributed by atoms with E-state index in [9.17, 15) is 13.2 Å². The summed E-state index contributed by atoms with van der Waals surface area (Å²) in [5.74, 6) is 0.363. The van der Waals surface area contributed by atoms with E-state index in [0.29, 0.717) is 22.4 Å². The molecule has 0 unspecified atom stereocenters. The quantitative estimate of drug-likeness (QED) is 0.689. The van der Waals surface area contributed by atoms with Gasteiger partial charge < -0.3 is 9.73 Å². The van der Waals surface area contributed by atoms with Crippen LogP contribution in [0.4, 0.5) is 5.69 Å². The minimum atomic E-state index is -3.32. The lowest BCUT2D eigenvalue weighted by Gasteiger charge is -2.19. The Labute approximate surface area is 157 Å². The number of aromatic nitrogens is 2. The van der Waals surface area contributed by atoms with Crippen molar-refractivity contribution in [2.75, 3.05) is 16.2 Å². The Hall–Kier alpha value is -2.07. The van der Waals surface area contributed by atoms with Crippen LogP contribution in [0.5, 0.6) is 0 Å². The molecule has 0 radical (unpaired) electrons. The van der Waals surface area contributed by atoms with Crippen molar-refractivity contribution >= 4 is 33.4 Å². The van der Waals surface area contributed by atoms with Crippen molar-refractivity contribution in [3.63, 3.8) is 0 Å².